The van der Waals surface area contributed by atoms with Gasteiger partial charge in [-0.3, -0.25) is 4.79 Å². The Morgan fingerprint density at radius 1 is 1.33 bits per heavy atom. The predicted octanol–water partition coefficient (Wildman–Crippen LogP) is 4.58. The summed E-state index contributed by atoms with van der Waals surface area (Å²) in [6.07, 6.45) is 0.379. The summed E-state index contributed by atoms with van der Waals surface area (Å²) in [5, 5.41) is 2.93. The van der Waals surface area contributed by atoms with Gasteiger partial charge in [-0.1, -0.05) is 37.3 Å². The molecule has 0 bridgehead atoms. The second-order valence-corrected chi connectivity index (χ2v) is 7.58. The molecule has 2 aromatic rings. The van der Waals surface area contributed by atoms with E-state index >= 15 is 0 Å². The van der Waals surface area contributed by atoms with Crippen LogP contribution < -0.4 is 10.1 Å². The smallest absolute Gasteiger partial charge is 0.230 e. The minimum atomic E-state index is -0.512. The number of amides is 1. The number of rotatable bonds is 7. The SMILES string of the molecule is CC[C@H](C)NC(=O)CSCc1cc(F)cc2c1O[C@@H](c1ccccc1)OC2. The molecule has 0 fully saturated rings. The number of thioether (sulfide) groups is 1. The topological polar surface area (TPSA) is 47.6 Å². The third-order valence-corrected chi connectivity index (χ3v) is 5.39. The van der Waals surface area contributed by atoms with Crippen molar-refractivity contribution in [1.82, 2.24) is 5.32 Å². The molecule has 27 heavy (non-hydrogen) atoms. The summed E-state index contributed by atoms with van der Waals surface area (Å²) in [7, 11) is 0. The molecule has 1 aliphatic rings. The quantitative estimate of drug-likeness (QED) is 0.753. The van der Waals surface area contributed by atoms with E-state index in [1.807, 2.05) is 44.2 Å². The van der Waals surface area contributed by atoms with Gasteiger partial charge in [0.1, 0.15) is 11.6 Å². The van der Waals surface area contributed by atoms with Gasteiger partial charge in [-0.15, -0.1) is 11.8 Å². The standard InChI is InChI=1S/C21H24FNO3S/c1-3-14(2)23-19(24)13-27-12-17-10-18(22)9-16-11-25-21(26-20(16)17)15-7-5-4-6-8-15/h4-10,14,21H,3,11-13H2,1-2H3,(H,23,24)/t14-,21-/m0/s1. The highest BCUT2D eigenvalue weighted by Crippen LogP contribution is 2.37. The van der Waals surface area contributed by atoms with Crippen molar-refractivity contribution in [2.24, 2.45) is 0 Å². The van der Waals surface area contributed by atoms with E-state index in [1.54, 1.807) is 0 Å². The van der Waals surface area contributed by atoms with Gasteiger partial charge in [0.2, 0.25) is 12.2 Å². The third kappa shape index (κ3) is 5.23. The molecule has 0 aliphatic carbocycles. The first-order valence-electron chi connectivity index (χ1n) is 9.08. The van der Waals surface area contributed by atoms with Crippen LogP contribution in [-0.2, 0) is 21.9 Å². The van der Waals surface area contributed by atoms with E-state index in [-0.39, 0.29) is 17.8 Å². The maximum absolute atomic E-state index is 14.0. The van der Waals surface area contributed by atoms with Crippen LogP contribution in [0.5, 0.6) is 5.75 Å². The van der Waals surface area contributed by atoms with Gasteiger partial charge in [-0.25, -0.2) is 4.39 Å². The number of halogens is 1. The van der Waals surface area contributed by atoms with Gasteiger partial charge in [-0.2, -0.15) is 0 Å². The number of nitrogens with one attached hydrogen (secondary N) is 1. The van der Waals surface area contributed by atoms with Crippen molar-refractivity contribution >= 4 is 17.7 Å². The number of carbonyl (C=O) groups is 1. The summed E-state index contributed by atoms with van der Waals surface area (Å²) in [4.78, 5) is 11.9. The molecule has 1 aliphatic heterocycles. The van der Waals surface area contributed by atoms with E-state index in [9.17, 15) is 9.18 Å². The minimum absolute atomic E-state index is 0.00830. The van der Waals surface area contributed by atoms with Crippen LogP contribution in [0.3, 0.4) is 0 Å². The zero-order valence-corrected chi connectivity index (χ0v) is 16.4. The summed E-state index contributed by atoms with van der Waals surface area (Å²) < 4.78 is 25.8. The van der Waals surface area contributed by atoms with Gasteiger partial charge >= 0.3 is 0 Å². The summed E-state index contributed by atoms with van der Waals surface area (Å²) in [6.45, 7) is 4.29. The second-order valence-electron chi connectivity index (χ2n) is 6.59. The van der Waals surface area contributed by atoms with E-state index < -0.39 is 6.29 Å². The Balaban J connectivity index is 1.68. The van der Waals surface area contributed by atoms with Crippen LogP contribution in [0.4, 0.5) is 4.39 Å². The van der Waals surface area contributed by atoms with E-state index in [2.05, 4.69) is 5.32 Å². The van der Waals surface area contributed by atoms with Crippen LogP contribution in [0.15, 0.2) is 42.5 Å². The highest BCUT2D eigenvalue weighted by atomic mass is 32.2. The van der Waals surface area contributed by atoms with Crippen molar-refractivity contribution in [1.29, 1.82) is 0 Å². The van der Waals surface area contributed by atoms with Crippen LogP contribution in [0.1, 0.15) is 43.2 Å². The summed E-state index contributed by atoms with van der Waals surface area (Å²) in [5.74, 6) is 1.15. The Kier molecular flexibility index (Phi) is 6.74. The van der Waals surface area contributed by atoms with Crippen molar-refractivity contribution in [3.8, 4) is 5.75 Å². The Bertz CT molecular complexity index is 784. The molecule has 1 amide bonds. The molecule has 0 aromatic heterocycles. The van der Waals surface area contributed by atoms with Crippen LogP contribution in [-0.4, -0.2) is 17.7 Å². The van der Waals surface area contributed by atoms with Crippen molar-refractivity contribution in [2.45, 2.75) is 45.0 Å². The van der Waals surface area contributed by atoms with E-state index in [0.29, 0.717) is 29.4 Å². The van der Waals surface area contributed by atoms with Crippen molar-refractivity contribution < 1.29 is 18.7 Å². The summed E-state index contributed by atoms with van der Waals surface area (Å²) in [6, 6.07) is 12.7. The van der Waals surface area contributed by atoms with E-state index in [0.717, 1.165) is 17.5 Å². The average Bonchev–Trinajstić information content (AvgIpc) is 2.68. The lowest BCUT2D eigenvalue weighted by Gasteiger charge is -2.28. The zero-order valence-electron chi connectivity index (χ0n) is 15.5. The third-order valence-electron chi connectivity index (χ3n) is 4.40. The molecule has 6 heteroatoms. The van der Waals surface area contributed by atoms with Gasteiger partial charge in [0.15, 0.2) is 0 Å². The van der Waals surface area contributed by atoms with Crippen molar-refractivity contribution in [3.05, 3.63) is 65.0 Å². The molecular weight excluding hydrogens is 365 g/mol. The molecule has 1 heterocycles. The number of hydrogen-bond donors (Lipinski definition) is 1. The first-order valence-corrected chi connectivity index (χ1v) is 10.2. The van der Waals surface area contributed by atoms with Crippen LogP contribution >= 0.6 is 11.8 Å². The number of carbonyl (C=O) groups excluding carboxylic acids is 1. The first-order chi connectivity index (χ1) is 13.1. The fourth-order valence-electron chi connectivity index (χ4n) is 2.83. The van der Waals surface area contributed by atoms with Crippen LogP contribution in [0.2, 0.25) is 0 Å². The molecule has 1 N–H and O–H groups in total. The minimum Gasteiger partial charge on any atom is -0.460 e. The Labute approximate surface area is 163 Å². The number of benzene rings is 2. The largest absolute Gasteiger partial charge is 0.460 e. The fraction of sp³-hybridized carbons (Fsp3) is 0.381. The molecule has 0 unspecified atom stereocenters. The normalized spacial score (nSPS) is 16.9. The predicted molar refractivity (Wildman–Crippen MR) is 105 cm³/mol. The van der Waals surface area contributed by atoms with Crippen molar-refractivity contribution in [2.75, 3.05) is 5.75 Å². The van der Waals surface area contributed by atoms with E-state index in [1.165, 1.54) is 23.9 Å². The molecule has 144 valence electrons. The van der Waals surface area contributed by atoms with Gasteiger partial charge in [0, 0.05) is 28.5 Å². The Morgan fingerprint density at radius 3 is 2.85 bits per heavy atom. The second kappa shape index (κ2) is 9.24. The Morgan fingerprint density at radius 2 is 2.11 bits per heavy atom. The Hall–Kier alpha value is -2.05. The number of fused-ring (bicyclic) bond motifs is 1. The molecule has 0 saturated heterocycles. The molecule has 3 rings (SSSR count). The lowest BCUT2D eigenvalue weighted by Crippen LogP contribution is -2.33. The molecule has 0 spiro atoms. The maximum Gasteiger partial charge on any atom is 0.230 e. The highest BCUT2D eigenvalue weighted by molar-refractivity contribution is 7.99. The maximum atomic E-state index is 14.0. The van der Waals surface area contributed by atoms with Crippen LogP contribution in [0.25, 0.3) is 0 Å². The van der Waals surface area contributed by atoms with Gasteiger partial charge in [-0.05, 0) is 25.5 Å². The van der Waals surface area contributed by atoms with E-state index in [4.69, 9.17) is 9.47 Å². The van der Waals surface area contributed by atoms with Crippen molar-refractivity contribution in [3.63, 3.8) is 0 Å². The molecule has 2 atom stereocenters. The first kappa shape index (κ1) is 19.7. The highest BCUT2D eigenvalue weighted by Gasteiger charge is 2.25. The molecule has 4 nitrogen and oxygen atoms in total. The molecule has 0 saturated carbocycles. The van der Waals surface area contributed by atoms with Gasteiger partial charge in [0.05, 0.1) is 12.4 Å². The molecule has 0 radical (unpaired) electrons. The summed E-state index contributed by atoms with van der Waals surface area (Å²) >= 11 is 1.45. The lowest BCUT2D eigenvalue weighted by molar-refractivity contribution is -0.119. The monoisotopic (exact) mass is 389 g/mol. The average molecular weight is 389 g/mol. The van der Waals surface area contributed by atoms with Crippen LogP contribution in [0, 0.1) is 5.82 Å². The zero-order chi connectivity index (χ0) is 19.2. The number of hydrogen-bond acceptors (Lipinski definition) is 4. The molecular formula is C21H24FNO3S. The van der Waals surface area contributed by atoms with Gasteiger partial charge in [0.25, 0.3) is 0 Å². The van der Waals surface area contributed by atoms with Gasteiger partial charge < -0.3 is 14.8 Å². The summed E-state index contributed by atoms with van der Waals surface area (Å²) in [5.41, 5.74) is 2.36. The molecule has 2 aromatic carbocycles. The number of ether oxygens (including phenoxy) is 2. The lowest BCUT2D eigenvalue weighted by atomic mass is 10.1. The fourth-order valence-corrected chi connectivity index (χ4v) is 3.64.